The molecule has 0 aromatic carbocycles. The van der Waals surface area contributed by atoms with E-state index in [0.29, 0.717) is 6.10 Å². The van der Waals surface area contributed by atoms with Crippen LogP contribution >= 0.6 is 0 Å². The standard InChI is InChI=1S/C10H17N3O/c1-13-5-4-9(12-13)7-11-8-10-3-2-6-14-10/h4-5,10-11H,2-3,6-8H2,1H3/t10-/m1/s1. The molecule has 1 aromatic rings. The summed E-state index contributed by atoms with van der Waals surface area (Å²) in [5.74, 6) is 0. The number of aromatic nitrogens is 2. The summed E-state index contributed by atoms with van der Waals surface area (Å²) in [6, 6.07) is 2.03. The lowest BCUT2D eigenvalue weighted by atomic mass is 10.2. The first-order valence-electron chi connectivity index (χ1n) is 5.15. The van der Waals surface area contributed by atoms with Crippen LogP contribution in [-0.4, -0.2) is 29.0 Å². The van der Waals surface area contributed by atoms with E-state index in [-0.39, 0.29) is 0 Å². The van der Waals surface area contributed by atoms with Crippen LogP contribution in [-0.2, 0) is 18.3 Å². The second-order valence-electron chi connectivity index (χ2n) is 3.75. The minimum atomic E-state index is 0.415. The van der Waals surface area contributed by atoms with Gasteiger partial charge >= 0.3 is 0 Å². The fraction of sp³-hybridized carbons (Fsp3) is 0.700. The van der Waals surface area contributed by atoms with E-state index >= 15 is 0 Å². The molecule has 4 nitrogen and oxygen atoms in total. The van der Waals surface area contributed by atoms with Gasteiger partial charge in [0.25, 0.3) is 0 Å². The van der Waals surface area contributed by atoms with Gasteiger partial charge in [-0.1, -0.05) is 0 Å². The lowest BCUT2D eigenvalue weighted by molar-refractivity contribution is 0.110. The first kappa shape index (κ1) is 9.68. The Morgan fingerprint density at radius 1 is 1.71 bits per heavy atom. The molecule has 1 aromatic heterocycles. The smallest absolute Gasteiger partial charge is 0.0762 e. The molecule has 4 heteroatoms. The molecule has 2 heterocycles. The normalized spacial score (nSPS) is 21.6. The maximum absolute atomic E-state index is 5.51. The molecule has 14 heavy (non-hydrogen) atoms. The Bertz CT molecular complexity index is 279. The third-order valence-electron chi connectivity index (χ3n) is 2.47. The van der Waals surface area contributed by atoms with E-state index in [1.807, 2.05) is 24.0 Å². The third kappa shape index (κ3) is 2.56. The first-order chi connectivity index (χ1) is 6.84. The van der Waals surface area contributed by atoms with Crippen molar-refractivity contribution in [3.8, 4) is 0 Å². The highest BCUT2D eigenvalue weighted by molar-refractivity contribution is 4.97. The Hall–Kier alpha value is -0.870. The van der Waals surface area contributed by atoms with Gasteiger partial charge in [0, 0.05) is 32.9 Å². The highest BCUT2D eigenvalue weighted by Crippen LogP contribution is 2.10. The maximum atomic E-state index is 5.51. The van der Waals surface area contributed by atoms with Crippen LogP contribution in [0.1, 0.15) is 18.5 Å². The average molecular weight is 195 g/mol. The van der Waals surface area contributed by atoms with Crippen LogP contribution < -0.4 is 5.32 Å². The van der Waals surface area contributed by atoms with E-state index in [1.165, 1.54) is 12.8 Å². The molecule has 0 aliphatic carbocycles. The third-order valence-corrected chi connectivity index (χ3v) is 2.47. The van der Waals surface area contributed by atoms with Crippen molar-refractivity contribution in [3.63, 3.8) is 0 Å². The van der Waals surface area contributed by atoms with E-state index in [2.05, 4.69) is 10.4 Å². The van der Waals surface area contributed by atoms with Crippen molar-refractivity contribution >= 4 is 0 Å². The van der Waals surface area contributed by atoms with E-state index in [0.717, 1.165) is 25.4 Å². The second kappa shape index (κ2) is 4.57. The Morgan fingerprint density at radius 2 is 2.64 bits per heavy atom. The minimum Gasteiger partial charge on any atom is -0.377 e. The summed E-state index contributed by atoms with van der Waals surface area (Å²) in [7, 11) is 1.93. The van der Waals surface area contributed by atoms with E-state index in [4.69, 9.17) is 4.74 Å². The van der Waals surface area contributed by atoms with Crippen molar-refractivity contribution in [1.82, 2.24) is 15.1 Å². The molecule has 0 saturated carbocycles. The summed E-state index contributed by atoms with van der Waals surface area (Å²) in [4.78, 5) is 0. The van der Waals surface area contributed by atoms with Crippen LogP contribution in [0.5, 0.6) is 0 Å². The lowest BCUT2D eigenvalue weighted by Gasteiger charge is -2.09. The molecule has 1 atom stereocenters. The van der Waals surface area contributed by atoms with Crippen molar-refractivity contribution in [2.45, 2.75) is 25.5 Å². The van der Waals surface area contributed by atoms with Gasteiger partial charge in [0.05, 0.1) is 11.8 Å². The molecule has 1 saturated heterocycles. The predicted molar refractivity (Wildman–Crippen MR) is 53.9 cm³/mol. The molecule has 1 N–H and O–H groups in total. The predicted octanol–water partition coefficient (Wildman–Crippen LogP) is 0.689. The maximum Gasteiger partial charge on any atom is 0.0762 e. The first-order valence-corrected chi connectivity index (χ1v) is 5.15. The van der Waals surface area contributed by atoms with Gasteiger partial charge in [-0.25, -0.2) is 0 Å². The summed E-state index contributed by atoms with van der Waals surface area (Å²) in [6.45, 7) is 2.70. The van der Waals surface area contributed by atoms with Gasteiger partial charge in [0.15, 0.2) is 0 Å². The van der Waals surface area contributed by atoms with Gasteiger partial charge in [-0.05, 0) is 18.9 Å². The summed E-state index contributed by atoms with van der Waals surface area (Å²) >= 11 is 0. The molecule has 0 spiro atoms. The molecule has 1 aliphatic heterocycles. The fourth-order valence-electron chi connectivity index (χ4n) is 1.72. The Kier molecular flexibility index (Phi) is 3.16. The van der Waals surface area contributed by atoms with Gasteiger partial charge < -0.3 is 10.1 Å². The number of ether oxygens (including phenoxy) is 1. The van der Waals surface area contributed by atoms with Crippen molar-refractivity contribution in [3.05, 3.63) is 18.0 Å². The minimum absolute atomic E-state index is 0.415. The quantitative estimate of drug-likeness (QED) is 0.768. The number of hydrogen-bond acceptors (Lipinski definition) is 3. The van der Waals surface area contributed by atoms with E-state index < -0.39 is 0 Å². The Balaban J connectivity index is 1.67. The van der Waals surface area contributed by atoms with Gasteiger partial charge in [-0.3, -0.25) is 4.68 Å². The highest BCUT2D eigenvalue weighted by Gasteiger charge is 2.14. The van der Waals surface area contributed by atoms with Crippen LogP contribution in [0.4, 0.5) is 0 Å². The van der Waals surface area contributed by atoms with Gasteiger partial charge in [-0.2, -0.15) is 5.10 Å². The molecule has 0 unspecified atom stereocenters. The largest absolute Gasteiger partial charge is 0.377 e. The van der Waals surface area contributed by atoms with Gasteiger partial charge in [0.1, 0.15) is 0 Å². The molecule has 78 valence electrons. The SMILES string of the molecule is Cn1ccc(CNC[C@H]2CCCO2)n1. The molecule has 0 amide bonds. The van der Waals surface area contributed by atoms with E-state index in [1.54, 1.807) is 0 Å². The van der Waals surface area contributed by atoms with Crippen LogP contribution in [0.2, 0.25) is 0 Å². The number of aryl methyl sites for hydroxylation is 1. The number of nitrogens with one attached hydrogen (secondary N) is 1. The van der Waals surface area contributed by atoms with Crippen LogP contribution in [0.25, 0.3) is 0 Å². The summed E-state index contributed by atoms with van der Waals surface area (Å²) < 4.78 is 7.33. The zero-order valence-electron chi connectivity index (χ0n) is 8.57. The fourth-order valence-corrected chi connectivity index (χ4v) is 1.72. The van der Waals surface area contributed by atoms with Crippen molar-refractivity contribution in [2.24, 2.45) is 7.05 Å². The van der Waals surface area contributed by atoms with E-state index in [9.17, 15) is 0 Å². The summed E-state index contributed by atoms with van der Waals surface area (Å²) in [6.07, 6.45) is 4.77. The van der Waals surface area contributed by atoms with Gasteiger partial charge in [-0.15, -0.1) is 0 Å². The number of hydrogen-bond donors (Lipinski definition) is 1. The number of nitrogens with zero attached hydrogens (tertiary/aromatic N) is 2. The van der Waals surface area contributed by atoms with Crippen molar-refractivity contribution in [1.29, 1.82) is 0 Å². The summed E-state index contributed by atoms with van der Waals surface area (Å²) in [5, 5.41) is 7.64. The molecule has 0 radical (unpaired) electrons. The van der Waals surface area contributed by atoms with Gasteiger partial charge in [0.2, 0.25) is 0 Å². The van der Waals surface area contributed by atoms with Crippen LogP contribution in [0, 0.1) is 0 Å². The molecular formula is C10H17N3O. The molecule has 1 fully saturated rings. The summed E-state index contributed by atoms with van der Waals surface area (Å²) in [5.41, 5.74) is 1.09. The number of rotatable bonds is 4. The van der Waals surface area contributed by atoms with Crippen molar-refractivity contribution < 1.29 is 4.74 Å². The lowest BCUT2D eigenvalue weighted by Crippen LogP contribution is -2.25. The molecule has 1 aliphatic rings. The monoisotopic (exact) mass is 195 g/mol. The molecule has 2 rings (SSSR count). The Labute approximate surface area is 84.3 Å². The Morgan fingerprint density at radius 3 is 3.29 bits per heavy atom. The highest BCUT2D eigenvalue weighted by atomic mass is 16.5. The van der Waals surface area contributed by atoms with Crippen molar-refractivity contribution in [2.75, 3.05) is 13.2 Å². The zero-order valence-corrected chi connectivity index (χ0v) is 8.57. The topological polar surface area (TPSA) is 39.1 Å². The molecule has 0 bridgehead atoms. The molecular weight excluding hydrogens is 178 g/mol. The average Bonchev–Trinajstić information content (AvgIpc) is 2.77. The van der Waals surface area contributed by atoms with Crippen LogP contribution in [0.3, 0.4) is 0 Å². The van der Waals surface area contributed by atoms with Crippen LogP contribution in [0.15, 0.2) is 12.3 Å². The zero-order chi connectivity index (χ0) is 9.80. The second-order valence-corrected chi connectivity index (χ2v) is 3.75.